The molecule has 44 heavy (non-hydrogen) atoms. The molecule has 2 saturated carbocycles. The fourth-order valence-electron chi connectivity index (χ4n) is 7.33. The normalized spacial score (nSPS) is 21.1. The predicted octanol–water partition coefficient (Wildman–Crippen LogP) is 4.44. The maximum absolute atomic E-state index is 13.7. The Labute approximate surface area is 254 Å². The van der Waals surface area contributed by atoms with Gasteiger partial charge in [0.1, 0.15) is 16.9 Å². The van der Waals surface area contributed by atoms with Gasteiger partial charge in [-0.1, -0.05) is 6.92 Å². The van der Waals surface area contributed by atoms with Crippen molar-refractivity contribution in [2.45, 2.75) is 45.2 Å². The van der Waals surface area contributed by atoms with Crippen LogP contribution in [-0.4, -0.2) is 65.5 Å². The van der Waals surface area contributed by atoms with Crippen LogP contribution in [0.4, 0.5) is 0 Å². The highest BCUT2D eigenvalue weighted by molar-refractivity contribution is 6.00. The Hall–Kier alpha value is -4.80. The minimum absolute atomic E-state index is 0.0291. The fourth-order valence-corrected chi connectivity index (χ4v) is 7.33. The number of likely N-dealkylation sites (tertiary alicyclic amines) is 1. The van der Waals surface area contributed by atoms with Crippen LogP contribution in [-0.2, 0) is 13.6 Å². The SMILES string of the molecule is COc1cc(C(=O)N2CC3CCC2[C@@H]3C)cc2nc(-c3cc4ccc(-c5cnc(C(N)=O)nc5)nc4n3CC3CC3)n(C)c12. The van der Waals surface area contributed by atoms with E-state index in [0.29, 0.717) is 46.4 Å². The van der Waals surface area contributed by atoms with Gasteiger partial charge in [-0.05, 0) is 73.8 Å². The summed E-state index contributed by atoms with van der Waals surface area (Å²) in [5, 5.41) is 0.993. The van der Waals surface area contributed by atoms with Gasteiger partial charge in [0.15, 0.2) is 5.82 Å². The molecule has 5 aromatic rings. The summed E-state index contributed by atoms with van der Waals surface area (Å²) in [6.07, 6.45) is 7.79. The van der Waals surface area contributed by atoms with E-state index in [9.17, 15) is 9.59 Å². The highest BCUT2D eigenvalue weighted by atomic mass is 16.5. The number of aryl methyl sites for hydroxylation is 1. The summed E-state index contributed by atoms with van der Waals surface area (Å²) >= 11 is 0. The van der Waals surface area contributed by atoms with Crippen molar-refractivity contribution in [1.29, 1.82) is 0 Å². The highest BCUT2D eigenvalue weighted by Gasteiger charge is 2.46. The topological polar surface area (TPSA) is 134 Å². The second-order valence-electron chi connectivity index (χ2n) is 12.6. The number of methoxy groups -OCH3 is 1. The molecule has 2 aliphatic carbocycles. The quantitative estimate of drug-likeness (QED) is 0.296. The van der Waals surface area contributed by atoms with Gasteiger partial charge in [-0.15, -0.1) is 0 Å². The van der Waals surface area contributed by atoms with Crippen LogP contribution in [0.1, 0.15) is 53.6 Å². The number of nitrogens with two attached hydrogens (primary N) is 1. The number of ether oxygens (including phenoxy) is 1. The number of piperidine rings is 1. The minimum Gasteiger partial charge on any atom is -0.494 e. The van der Waals surface area contributed by atoms with Crippen molar-refractivity contribution in [2.24, 2.45) is 30.5 Å². The Morgan fingerprint density at radius 2 is 1.84 bits per heavy atom. The van der Waals surface area contributed by atoms with Gasteiger partial charge in [0.05, 0.1) is 24.0 Å². The molecule has 11 nitrogen and oxygen atoms in total. The summed E-state index contributed by atoms with van der Waals surface area (Å²) in [6, 6.07) is 10.2. The molecule has 0 radical (unpaired) electrons. The van der Waals surface area contributed by atoms with Crippen LogP contribution in [0.3, 0.4) is 0 Å². The van der Waals surface area contributed by atoms with Crippen molar-refractivity contribution < 1.29 is 14.3 Å². The van der Waals surface area contributed by atoms with Crippen LogP contribution in [0.15, 0.2) is 42.7 Å². The molecular weight excluding hydrogens is 556 g/mol. The van der Waals surface area contributed by atoms with Crippen molar-refractivity contribution in [1.82, 2.24) is 34.0 Å². The summed E-state index contributed by atoms with van der Waals surface area (Å²) in [6.45, 7) is 3.93. The standard InChI is InChI=1S/C33H34N8O3/c1-17-20-7-9-25(17)41(16-20)33(43)21-10-24-28(27(12-21)44-3)39(2)32(38-24)26-11-19-6-8-23(22-13-35-30(29(34)42)36-14-22)37-31(19)40(26)15-18-4-5-18/h6,8,10-14,17-18,20,25H,4-5,7,9,15-16H2,1-3H3,(H2,34,42)/t17-,20?,25?/m1/s1. The lowest BCUT2D eigenvalue weighted by Gasteiger charge is -2.27. The minimum atomic E-state index is -0.670. The lowest BCUT2D eigenvalue weighted by atomic mass is 10.0. The van der Waals surface area contributed by atoms with Gasteiger partial charge >= 0.3 is 0 Å². The molecule has 2 bridgehead atoms. The largest absolute Gasteiger partial charge is 0.494 e. The third-order valence-electron chi connectivity index (χ3n) is 9.96. The monoisotopic (exact) mass is 590 g/mol. The number of amides is 2. The second kappa shape index (κ2) is 9.87. The van der Waals surface area contributed by atoms with E-state index in [-0.39, 0.29) is 11.7 Å². The maximum Gasteiger partial charge on any atom is 0.286 e. The molecule has 3 atom stereocenters. The van der Waals surface area contributed by atoms with Gasteiger partial charge in [0, 0.05) is 55.1 Å². The molecule has 4 aromatic heterocycles. The van der Waals surface area contributed by atoms with Gasteiger partial charge in [-0.25, -0.2) is 19.9 Å². The molecule has 2 amide bonds. The van der Waals surface area contributed by atoms with Crippen molar-refractivity contribution in [3.8, 4) is 28.5 Å². The third kappa shape index (κ3) is 4.16. The molecule has 0 spiro atoms. The number of hydrogen-bond donors (Lipinski definition) is 1. The van der Waals surface area contributed by atoms with Crippen LogP contribution >= 0.6 is 0 Å². The fraction of sp³-hybridized carbons (Fsp3) is 0.394. The number of benzene rings is 1. The van der Waals surface area contributed by atoms with Crippen molar-refractivity contribution in [2.75, 3.05) is 13.7 Å². The Bertz CT molecular complexity index is 1970. The Morgan fingerprint density at radius 3 is 2.50 bits per heavy atom. The van der Waals surface area contributed by atoms with Gasteiger partial charge in [-0.2, -0.15) is 0 Å². The first-order chi connectivity index (χ1) is 21.3. The predicted molar refractivity (Wildman–Crippen MR) is 165 cm³/mol. The molecule has 1 saturated heterocycles. The van der Waals surface area contributed by atoms with E-state index in [0.717, 1.165) is 53.1 Å². The molecule has 2 unspecified atom stereocenters. The number of carbonyl (C=O) groups is 2. The van der Waals surface area contributed by atoms with E-state index in [1.165, 1.54) is 19.3 Å². The number of nitrogens with zero attached hydrogens (tertiary/aromatic N) is 7. The van der Waals surface area contributed by atoms with Crippen molar-refractivity contribution >= 4 is 33.9 Å². The molecule has 11 heteroatoms. The van der Waals surface area contributed by atoms with Crippen LogP contribution in [0.25, 0.3) is 44.8 Å². The van der Waals surface area contributed by atoms with Crippen LogP contribution in [0.5, 0.6) is 5.75 Å². The van der Waals surface area contributed by atoms with E-state index >= 15 is 0 Å². The Morgan fingerprint density at radius 1 is 1.05 bits per heavy atom. The Balaban J connectivity index is 1.22. The molecule has 5 heterocycles. The number of aromatic nitrogens is 6. The number of primary amides is 1. The van der Waals surface area contributed by atoms with Crippen LogP contribution in [0, 0.1) is 17.8 Å². The average Bonchev–Trinajstić information content (AvgIpc) is 3.44. The Kier molecular flexibility index (Phi) is 6.01. The molecular formula is C33H34N8O3. The molecule has 224 valence electrons. The van der Waals surface area contributed by atoms with Crippen molar-refractivity contribution in [3.05, 3.63) is 54.1 Å². The molecule has 3 aliphatic rings. The summed E-state index contributed by atoms with van der Waals surface area (Å²) in [7, 11) is 3.64. The van der Waals surface area contributed by atoms with Crippen LogP contribution < -0.4 is 10.5 Å². The maximum atomic E-state index is 13.7. The molecule has 3 fully saturated rings. The number of carbonyl (C=O) groups excluding carboxylic acids is 2. The zero-order chi connectivity index (χ0) is 30.3. The lowest BCUT2D eigenvalue weighted by Crippen LogP contribution is -2.38. The first kappa shape index (κ1) is 26.8. The van der Waals surface area contributed by atoms with Crippen molar-refractivity contribution in [3.63, 3.8) is 0 Å². The lowest BCUT2D eigenvalue weighted by molar-refractivity contribution is 0.0695. The third-order valence-corrected chi connectivity index (χ3v) is 9.96. The number of fused-ring (bicyclic) bond motifs is 4. The van der Waals surface area contributed by atoms with E-state index in [1.807, 2.05) is 31.3 Å². The molecule has 8 rings (SSSR count). The van der Waals surface area contributed by atoms with E-state index < -0.39 is 5.91 Å². The summed E-state index contributed by atoms with van der Waals surface area (Å²) < 4.78 is 10.2. The molecule has 1 aromatic carbocycles. The van der Waals surface area contributed by atoms with E-state index in [2.05, 4.69) is 37.0 Å². The highest BCUT2D eigenvalue weighted by Crippen LogP contribution is 2.44. The zero-order valence-corrected chi connectivity index (χ0v) is 25.0. The van der Waals surface area contributed by atoms with Gasteiger partial charge in [-0.3, -0.25) is 9.59 Å². The summed E-state index contributed by atoms with van der Waals surface area (Å²) in [5.74, 6) is 2.51. The van der Waals surface area contributed by atoms with E-state index in [4.69, 9.17) is 20.4 Å². The smallest absolute Gasteiger partial charge is 0.286 e. The van der Waals surface area contributed by atoms with Gasteiger partial charge < -0.3 is 24.5 Å². The molecule has 1 aliphatic heterocycles. The zero-order valence-electron chi connectivity index (χ0n) is 25.0. The van der Waals surface area contributed by atoms with Gasteiger partial charge in [0.2, 0.25) is 5.82 Å². The first-order valence-corrected chi connectivity index (χ1v) is 15.3. The number of rotatable bonds is 7. The number of hydrogen-bond acceptors (Lipinski definition) is 7. The molecule has 2 N–H and O–H groups in total. The average molecular weight is 591 g/mol. The first-order valence-electron chi connectivity index (χ1n) is 15.3. The summed E-state index contributed by atoms with van der Waals surface area (Å²) in [5.41, 5.74) is 10.7. The summed E-state index contributed by atoms with van der Waals surface area (Å²) in [4.78, 5) is 45.6. The van der Waals surface area contributed by atoms with E-state index in [1.54, 1.807) is 19.5 Å². The number of imidazole rings is 1. The second-order valence-corrected chi connectivity index (χ2v) is 12.6. The van der Waals surface area contributed by atoms with Crippen LogP contribution in [0.2, 0.25) is 0 Å². The number of pyridine rings is 1. The van der Waals surface area contributed by atoms with Gasteiger partial charge in [0.25, 0.3) is 11.8 Å².